The number of nitrogen functional groups attached to an aromatic ring is 1. The maximum atomic E-state index is 13.2. The molecule has 212 valence electrons. The standard InChI is InChI=1S/C29H34N4O7/c1-15(2)38-24-13-18(26(34)31-21-11-8-19(29(36)37)14-25(21)39-16(3)4)7-10-22(24)32-27(35)23-12-9-20(30)28(33-23)40-17(5)6/h7-17H,30H2,1-6H3,(H,31,34)(H,32,35)(H,36,37). The molecule has 0 aliphatic rings. The molecule has 0 atom stereocenters. The Morgan fingerprint density at radius 2 is 1.23 bits per heavy atom. The van der Waals surface area contributed by atoms with Crippen molar-refractivity contribution in [2.75, 3.05) is 16.4 Å². The number of nitrogens with zero attached hydrogens (tertiary/aromatic N) is 1. The lowest BCUT2D eigenvalue weighted by molar-refractivity contribution is 0.0695. The van der Waals surface area contributed by atoms with Crippen molar-refractivity contribution in [2.45, 2.75) is 59.9 Å². The van der Waals surface area contributed by atoms with Crippen molar-refractivity contribution in [1.82, 2.24) is 4.98 Å². The number of amides is 2. The highest BCUT2D eigenvalue weighted by Crippen LogP contribution is 2.31. The van der Waals surface area contributed by atoms with E-state index < -0.39 is 17.8 Å². The Morgan fingerprint density at radius 1 is 0.725 bits per heavy atom. The van der Waals surface area contributed by atoms with Crippen molar-refractivity contribution in [3.63, 3.8) is 0 Å². The summed E-state index contributed by atoms with van der Waals surface area (Å²) in [4.78, 5) is 41.8. The van der Waals surface area contributed by atoms with E-state index in [0.717, 1.165) is 0 Å². The summed E-state index contributed by atoms with van der Waals surface area (Å²) < 4.78 is 17.2. The molecule has 0 radical (unpaired) electrons. The monoisotopic (exact) mass is 550 g/mol. The smallest absolute Gasteiger partial charge is 0.335 e. The lowest BCUT2D eigenvalue weighted by Crippen LogP contribution is -2.18. The fourth-order valence-electron chi connectivity index (χ4n) is 3.50. The van der Waals surface area contributed by atoms with Gasteiger partial charge in [-0.1, -0.05) is 0 Å². The van der Waals surface area contributed by atoms with Gasteiger partial charge in [0.1, 0.15) is 17.2 Å². The summed E-state index contributed by atoms with van der Waals surface area (Å²) in [6.45, 7) is 10.9. The molecule has 0 bridgehead atoms. The van der Waals surface area contributed by atoms with E-state index in [1.54, 1.807) is 26.0 Å². The van der Waals surface area contributed by atoms with Crippen LogP contribution in [0, 0.1) is 0 Å². The van der Waals surface area contributed by atoms with Gasteiger partial charge in [-0.15, -0.1) is 0 Å². The molecule has 0 aliphatic heterocycles. The second-order valence-corrected chi connectivity index (χ2v) is 9.73. The van der Waals surface area contributed by atoms with Crippen molar-refractivity contribution < 1.29 is 33.7 Å². The Kier molecular flexibility index (Phi) is 9.54. The third kappa shape index (κ3) is 7.85. The fourth-order valence-corrected chi connectivity index (χ4v) is 3.50. The molecule has 11 heteroatoms. The number of ether oxygens (including phenoxy) is 3. The number of aromatic nitrogens is 1. The summed E-state index contributed by atoms with van der Waals surface area (Å²) in [7, 11) is 0. The van der Waals surface area contributed by atoms with E-state index in [9.17, 15) is 19.5 Å². The van der Waals surface area contributed by atoms with Crippen LogP contribution in [-0.4, -0.2) is 46.2 Å². The molecule has 1 aromatic heterocycles. The first-order valence-electron chi connectivity index (χ1n) is 12.7. The molecule has 3 aromatic rings. The van der Waals surface area contributed by atoms with Gasteiger partial charge in [0.25, 0.3) is 11.8 Å². The van der Waals surface area contributed by atoms with Gasteiger partial charge in [0.05, 0.1) is 40.9 Å². The summed E-state index contributed by atoms with van der Waals surface area (Å²) in [5.74, 6) is -1.47. The van der Waals surface area contributed by atoms with Gasteiger partial charge in [-0.3, -0.25) is 9.59 Å². The number of pyridine rings is 1. The highest BCUT2D eigenvalue weighted by atomic mass is 16.5. The zero-order valence-electron chi connectivity index (χ0n) is 23.3. The number of nitrogens with two attached hydrogens (primary N) is 1. The van der Waals surface area contributed by atoms with E-state index in [2.05, 4.69) is 15.6 Å². The zero-order chi connectivity index (χ0) is 29.6. The van der Waals surface area contributed by atoms with Crippen molar-refractivity contribution in [2.24, 2.45) is 0 Å². The Labute approximate surface area is 232 Å². The number of hydrogen-bond acceptors (Lipinski definition) is 8. The quantitative estimate of drug-likeness (QED) is 0.250. The summed E-state index contributed by atoms with van der Waals surface area (Å²) >= 11 is 0. The average Bonchev–Trinajstić information content (AvgIpc) is 2.86. The third-order valence-corrected chi connectivity index (χ3v) is 5.16. The first-order chi connectivity index (χ1) is 18.8. The van der Waals surface area contributed by atoms with Crippen LogP contribution in [0.4, 0.5) is 17.1 Å². The van der Waals surface area contributed by atoms with Crippen LogP contribution < -0.4 is 30.6 Å². The molecule has 0 spiro atoms. The van der Waals surface area contributed by atoms with Crippen molar-refractivity contribution >= 4 is 34.8 Å². The molecule has 3 rings (SSSR count). The maximum absolute atomic E-state index is 13.2. The second-order valence-electron chi connectivity index (χ2n) is 9.73. The molecule has 5 N–H and O–H groups in total. The number of hydrogen-bond donors (Lipinski definition) is 4. The summed E-state index contributed by atoms with van der Waals surface area (Å²) in [6.07, 6.45) is -0.692. The number of carboxylic acids is 1. The molecule has 2 aromatic carbocycles. The number of nitrogens with one attached hydrogen (secondary N) is 2. The van der Waals surface area contributed by atoms with Crippen molar-refractivity contribution in [3.8, 4) is 17.4 Å². The highest BCUT2D eigenvalue weighted by molar-refractivity contribution is 6.07. The predicted octanol–water partition coefficient (Wildman–Crippen LogP) is 5.23. The largest absolute Gasteiger partial charge is 0.489 e. The number of carboxylic acid groups (broad SMARTS) is 1. The lowest BCUT2D eigenvalue weighted by Gasteiger charge is -2.18. The topological polar surface area (TPSA) is 162 Å². The Bertz CT molecular complexity index is 1400. The van der Waals surface area contributed by atoms with Gasteiger partial charge in [0, 0.05) is 5.56 Å². The van der Waals surface area contributed by atoms with Crippen LogP contribution >= 0.6 is 0 Å². The van der Waals surface area contributed by atoms with Gasteiger partial charge in [0.2, 0.25) is 5.88 Å². The molecular weight excluding hydrogens is 516 g/mol. The molecule has 0 fully saturated rings. The van der Waals surface area contributed by atoms with E-state index in [4.69, 9.17) is 19.9 Å². The van der Waals surface area contributed by atoms with E-state index in [0.29, 0.717) is 17.1 Å². The molecule has 11 nitrogen and oxygen atoms in total. The minimum Gasteiger partial charge on any atom is -0.489 e. The van der Waals surface area contributed by atoms with Gasteiger partial charge in [-0.2, -0.15) is 0 Å². The maximum Gasteiger partial charge on any atom is 0.335 e. The summed E-state index contributed by atoms with van der Waals surface area (Å²) in [5.41, 5.74) is 7.21. The van der Waals surface area contributed by atoms with Gasteiger partial charge in [0.15, 0.2) is 0 Å². The van der Waals surface area contributed by atoms with Crippen LogP contribution in [0.3, 0.4) is 0 Å². The number of benzene rings is 2. The predicted molar refractivity (Wildman–Crippen MR) is 152 cm³/mol. The number of carbonyl (C=O) groups is 3. The first kappa shape index (κ1) is 29.8. The van der Waals surface area contributed by atoms with Crippen molar-refractivity contribution in [3.05, 3.63) is 65.4 Å². The number of anilines is 3. The van der Waals surface area contributed by atoms with Crippen LogP contribution in [0.1, 0.15) is 72.7 Å². The highest BCUT2D eigenvalue weighted by Gasteiger charge is 2.19. The Hall–Kier alpha value is -4.80. The van der Waals surface area contributed by atoms with E-state index in [-0.39, 0.29) is 52.5 Å². The second kappa shape index (κ2) is 12.8. The molecule has 40 heavy (non-hydrogen) atoms. The Balaban J connectivity index is 1.87. The van der Waals surface area contributed by atoms with E-state index in [1.807, 2.05) is 27.7 Å². The van der Waals surface area contributed by atoms with Crippen LogP contribution in [0.15, 0.2) is 48.5 Å². The molecule has 1 heterocycles. The fraction of sp³-hybridized carbons (Fsp3) is 0.310. The first-order valence-corrected chi connectivity index (χ1v) is 12.7. The average molecular weight is 551 g/mol. The molecular formula is C29H34N4O7. The van der Waals surface area contributed by atoms with Crippen LogP contribution in [0.2, 0.25) is 0 Å². The van der Waals surface area contributed by atoms with Crippen LogP contribution in [0.5, 0.6) is 17.4 Å². The minimum atomic E-state index is -1.11. The van der Waals surface area contributed by atoms with E-state index >= 15 is 0 Å². The third-order valence-electron chi connectivity index (χ3n) is 5.16. The minimum absolute atomic E-state index is 0.0276. The molecule has 2 amide bonds. The number of carbonyl (C=O) groups excluding carboxylic acids is 2. The molecule has 0 saturated heterocycles. The summed E-state index contributed by atoms with van der Waals surface area (Å²) in [5, 5.41) is 14.8. The number of aromatic carboxylic acids is 1. The molecule has 0 saturated carbocycles. The molecule has 0 unspecified atom stereocenters. The Morgan fingerprint density at radius 3 is 1.75 bits per heavy atom. The number of rotatable bonds is 11. The SMILES string of the molecule is CC(C)Oc1cc(C(=O)O)ccc1NC(=O)c1ccc(NC(=O)c2ccc(N)c(OC(C)C)n2)c(OC(C)C)c1. The lowest BCUT2D eigenvalue weighted by atomic mass is 10.1. The summed E-state index contributed by atoms with van der Waals surface area (Å²) in [6, 6.07) is 11.8. The van der Waals surface area contributed by atoms with Gasteiger partial charge in [-0.05, 0) is 90.1 Å². The van der Waals surface area contributed by atoms with Crippen LogP contribution in [0.25, 0.3) is 0 Å². The van der Waals surface area contributed by atoms with Crippen molar-refractivity contribution in [1.29, 1.82) is 0 Å². The zero-order valence-corrected chi connectivity index (χ0v) is 23.3. The van der Waals surface area contributed by atoms with Gasteiger partial charge in [-0.25, -0.2) is 9.78 Å². The molecule has 0 aliphatic carbocycles. The van der Waals surface area contributed by atoms with Gasteiger partial charge < -0.3 is 35.7 Å². The van der Waals surface area contributed by atoms with E-state index in [1.165, 1.54) is 36.4 Å². The normalized spacial score (nSPS) is 10.9. The van der Waals surface area contributed by atoms with Gasteiger partial charge >= 0.3 is 5.97 Å². The van der Waals surface area contributed by atoms with Crippen LogP contribution in [-0.2, 0) is 0 Å².